The van der Waals surface area contributed by atoms with Gasteiger partial charge in [-0.3, -0.25) is 4.79 Å². The Kier molecular flexibility index (Phi) is 4.88. The molecule has 2 aromatic rings. The minimum atomic E-state index is -0.0370. The minimum Gasteiger partial charge on any atom is -0.485 e. The maximum Gasteiger partial charge on any atom is 0.253 e. The first-order chi connectivity index (χ1) is 13.1. The van der Waals surface area contributed by atoms with Gasteiger partial charge in [-0.05, 0) is 44.0 Å². The van der Waals surface area contributed by atoms with E-state index in [0.717, 1.165) is 49.7 Å². The summed E-state index contributed by atoms with van der Waals surface area (Å²) < 4.78 is 6.19. The molecule has 6 heteroatoms. The van der Waals surface area contributed by atoms with Gasteiger partial charge in [-0.1, -0.05) is 12.1 Å². The number of hydrogen-bond acceptors (Lipinski definition) is 5. The maximum absolute atomic E-state index is 12.1. The molecule has 2 aliphatic rings. The van der Waals surface area contributed by atoms with Gasteiger partial charge >= 0.3 is 0 Å². The number of anilines is 2. The van der Waals surface area contributed by atoms with Crippen molar-refractivity contribution in [3.05, 3.63) is 48.2 Å². The van der Waals surface area contributed by atoms with Gasteiger partial charge in [-0.15, -0.1) is 0 Å². The largest absolute Gasteiger partial charge is 0.485 e. The number of carbonyl (C=O) groups is 1. The molecule has 1 fully saturated rings. The first kappa shape index (κ1) is 17.6. The van der Waals surface area contributed by atoms with Crippen LogP contribution in [0.3, 0.4) is 0 Å². The third-order valence-corrected chi connectivity index (χ3v) is 5.10. The van der Waals surface area contributed by atoms with Gasteiger partial charge < -0.3 is 19.9 Å². The second-order valence-corrected chi connectivity index (χ2v) is 7.28. The highest BCUT2D eigenvalue weighted by Gasteiger charge is 2.26. The van der Waals surface area contributed by atoms with Crippen molar-refractivity contribution in [1.82, 2.24) is 10.3 Å². The van der Waals surface area contributed by atoms with Crippen molar-refractivity contribution in [1.29, 1.82) is 0 Å². The number of benzene rings is 1. The molecule has 0 unspecified atom stereocenters. The van der Waals surface area contributed by atoms with E-state index in [0.29, 0.717) is 11.6 Å². The maximum atomic E-state index is 12.1. The quantitative estimate of drug-likeness (QED) is 0.852. The van der Waals surface area contributed by atoms with Crippen LogP contribution in [0.15, 0.2) is 42.6 Å². The van der Waals surface area contributed by atoms with Gasteiger partial charge in [0.15, 0.2) is 0 Å². The van der Waals surface area contributed by atoms with Crippen molar-refractivity contribution >= 4 is 17.4 Å². The van der Waals surface area contributed by atoms with E-state index in [1.54, 1.807) is 6.20 Å². The molecule has 0 radical (unpaired) electrons. The number of likely N-dealkylation sites (N-methyl/N-ethyl adjacent to an activating group) is 2. The Morgan fingerprint density at radius 2 is 2.11 bits per heavy atom. The number of nitrogens with one attached hydrogen (secondary N) is 1. The first-order valence-corrected chi connectivity index (χ1v) is 9.62. The smallest absolute Gasteiger partial charge is 0.253 e. The second-order valence-electron chi connectivity index (χ2n) is 7.28. The Labute approximate surface area is 160 Å². The summed E-state index contributed by atoms with van der Waals surface area (Å²) in [6, 6.07) is 12.3. The van der Waals surface area contributed by atoms with Crippen LogP contribution < -0.4 is 19.9 Å². The fraction of sp³-hybridized carbons (Fsp3) is 0.429. The molecule has 27 heavy (non-hydrogen) atoms. The number of ether oxygens (including phenoxy) is 1. The molecule has 1 aromatic carbocycles. The standard InChI is InChI=1S/C21H26N4O2/c1-3-25-14-17(27-19-7-5-4-6-18(19)25)13-24(2)20-11-8-15(12-22-20)21(26)23-16-9-10-16/h4-8,11-12,16-17H,3,9-10,13-14H2,1-2H3,(H,23,26)/t17-/m0/s1. The molecule has 1 saturated carbocycles. The lowest BCUT2D eigenvalue weighted by Gasteiger charge is -2.37. The third-order valence-electron chi connectivity index (χ3n) is 5.10. The first-order valence-electron chi connectivity index (χ1n) is 9.62. The van der Waals surface area contributed by atoms with E-state index in [9.17, 15) is 4.79 Å². The average molecular weight is 366 g/mol. The predicted molar refractivity (Wildman–Crippen MR) is 107 cm³/mol. The molecule has 4 rings (SSSR count). The number of aromatic nitrogens is 1. The van der Waals surface area contributed by atoms with Crippen molar-refractivity contribution in [2.75, 3.05) is 36.5 Å². The Morgan fingerprint density at radius 3 is 2.81 bits per heavy atom. The van der Waals surface area contributed by atoms with Crippen molar-refractivity contribution in [2.24, 2.45) is 0 Å². The van der Waals surface area contributed by atoms with Crippen molar-refractivity contribution in [2.45, 2.75) is 31.9 Å². The van der Waals surface area contributed by atoms with E-state index in [2.05, 4.69) is 33.1 Å². The van der Waals surface area contributed by atoms with E-state index < -0.39 is 0 Å². The fourth-order valence-corrected chi connectivity index (χ4v) is 3.42. The number of rotatable bonds is 6. The second kappa shape index (κ2) is 7.47. The average Bonchev–Trinajstić information content (AvgIpc) is 3.51. The number of nitrogens with zero attached hydrogens (tertiary/aromatic N) is 3. The van der Waals surface area contributed by atoms with Gasteiger partial charge in [-0.25, -0.2) is 4.98 Å². The van der Waals surface area contributed by atoms with E-state index in [4.69, 9.17) is 4.74 Å². The van der Waals surface area contributed by atoms with Gasteiger partial charge in [0.05, 0.1) is 24.3 Å². The summed E-state index contributed by atoms with van der Waals surface area (Å²) in [6.45, 7) is 4.69. The van der Waals surface area contributed by atoms with Crippen LogP contribution in [-0.2, 0) is 0 Å². The van der Waals surface area contributed by atoms with Gasteiger partial charge in [0, 0.05) is 25.8 Å². The van der Waals surface area contributed by atoms with Crippen LogP contribution in [0.4, 0.5) is 11.5 Å². The van der Waals surface area contributed by atoms with E-state index in [-0.39, 0.29) is 12.0 Å². The number of fused-ring (bicyclic) bond motifs is 1. The predicted octanol–water partition coefficient (Wildman–Crippen LogP) is 2.70. The fourth-order valence-electron chi connectivity index (χ4n) is 3.42. The van der Waals surface area contributed by atoms with Crippen LogP contribution in [0.5, 0.6) is 5.75 Å². The SMILES string of the molecule is CCN1C[C@H](CN(C)c2ccc(C(=O)NC3CC3)cn2)Oc2ccccc21. The van der Waals surface area contributed by atoms with Crippen LogP contribution in [0.25, 0.3) is 0 Å². The monoisotopic (exact) mass is 366 g/mol. The highest BCUT2D eigenvalue weighted by molar-refractivity contribution is 5.94. The third kappa shape index (κ3) is 3.99. The normalized spacial score (nSPS) is 18.4. The molecule has 1 aromatic heterocycles. The Bertz CT molecular complexity index is 804. The molecule has 1 N–H and O–H groups in total. The molecular weight excluding hydrogens is 340 g/mol. The van der Waals surface area contributed by atoms with Gasteiger partial charge in [0.25, 0.3) is 5.91 Å². The van der Waals surface area contributed by atoms with Crippen molar-refractivity contribution in [3.8, 4) is 5.75 Å². The number of hydrogen-bond donors (Lipinski definition) is 1. The van der Waals surface area contributed by atoms with Gasteiger partial charge in [0.2, 0.25) is 0 Å². The molecule has 0 spiro atoms. The van der Waals surface area contributed by atoms with Crippen LogP contribution in [0.1, 0.15) is 30.1 Å². The summed E-state index contributed by atoms with van der Waals surface area (Å²) >= 11 is 0. The zero-order valence-corrected chi connectivity index (χ0v) is 15.9. The number of carbonyl (C=O) groups excluding carboxylic acids is 1. The zero-order valence-electron chi connectivity index (χ0n) is 15.9. The van der Waals surface area contributed by atoms with Crippen molar-refractivity contribution < 1.29 is 9.53 Å². The Hall–Kier alpha value is -2.76. The van der Waals surface area contributed by atoms with Crippen LogP contribution in [-0.4, -0.2) is 49.7 Å². The molecular formula is C21H26N4O2. The van der Waals surface area contributed by atoms with Crippen LogP contribution in [0.2, 0.25) is 0 Å². The lowest BCUT2D eigenvalue weighted by Crippen LogP contribution is -2.45. The molecule has 1 aliphatic carbocycles. The number of para-hydroxylation sites is 2. The molecule has 142 valence electrons. The van der Waals surface area contributed by atoms with Crippen LogP contribution >= 0.6 is 0 Å². The van der Waals surface area contributed by atoms with E-state index in [1.807, 2.05) is 37.4 Å². The summed E-state index contributed by atoms with van der Waals surface area (Å²) in [5, 5.41) is 2.99. The molecule has 0 bridgehead atoms. The Morgan fingerprint density at radius 1 is 1.30 bits per heavy atom. The molecule has 1 aliphatic heterocycles. The summed E-state index contributed by atoms with van der Waals surface area (Å²) in [5.41, 5.74) is 1.77. The van der Waals surface area contributed by atoms with Crippen LogP contribution in [0, 0.1) is 0 Å². The lowest BCUT2D eigenvalue weighted by molar-refractivity contribution is 0.0950. The lowest BCUT2D eigenvalue weighted by atomic mass is 10.2. The topological polar surface area (TPSA) is 57.7 Å². The van der Waals surface area contributed by atoms with Gasteiger partial charge in [-0.2, -0.15) is 0 Å². The molecule has 0 saturated heterocycles. The van der Waals surface area contributed by atoms with Gasteiger partial charge in [0.1, 0.15) is 17.7 Å². The zero-order chi connectivity index (χ0) is 18.8. The number of pyridine rings is 1. The van der Waals surface area contributed by atoms with E-state index in [1.165, 1.54) is 0 Å². The highest BCUT2D eigenvalue weighted by Crippen LogP contribution is 2.33. The number of amides is 1. The Balaban J connectivity index is 1.40. The molecule has 1 atom stereocenters. The summed E-state index contributed by atoms with van der Waals surface area (Å²) in [4.78, 5) is 21.0. The summed E-state index contributed by atoms with van der Waals surface area (Å²) in [5.74, 6) is 1.73. The molecule has 6 nitrogen and oxygen atoms in total. The van der Waals surface area contributed by atoms with E-state index >= 15 is 0 Å². The summed E-state index contributed by atoms with van der Waals surface area (Å²) in [6.07, 6.45) is 3.88. The molecule has 2 heterocycles. The molecule has 1 amide bonds. The summed E-state index contributed by atoms with van der Waals surface area (Å²) in [7, 11) is 2.01. The highest BCUT2D eigenvalue weighted by atomic mass is 16.5. The van der Waals surface area contributed by atoms with Crippen molar-refractivity contribution in [3.63, 3.8) is 0 Å². The minimum absolute atomic E-state index is 0.0370.